The molecule has 1 aromatic heterocycles. The first-order chi connectivity index (χ1) is 16.5. The van der Waals surface area contributed by atoms with Crippen LogP contribution in [0.15, 0.2) is 71.8 Å². The average Bonchev–Trinajstić information content (AvgIpc) is 2.85. The van der Waals surface area contributed by atoms with E-state index in [0.29, 0.717) is 25.1 Å². The molecule has 1 fully saturated rings. The van der Waals surface area contributed by atoms with Crippen molar-refractivity contribution in [3.05, 3.63) is 94.0 Å². The number of nitrogens with zero attached hydrogens (tertiary/aromatic N) is 3. The molecule has 7 nitrogen and oxygen atoms in total. The molecule has 1 saturated heterocycles. The Balaban J connectivity index is 1.23. The van der Waals surface area contributed by atoms with Crippen LogP contribution >= 0.6 is 0 Å². The fourth-order valence-corrected chi connectivity index (χ4v) is 4.23. The molecule has 1 N–H and O–H groups in total. The number of piperidine rings is 1. The quantitative estimate of drug-likeness (QED) is 0.531. The number of likely N-dealkylation sites (tertiary alicyclic amines) is 1. The maximum absolute atomic E-state index is 12.4. The molecular weight excluding hydrogens is 428 g/mol. The molecule has 0 atom stereocenters. The fraction of sp³-hybridized carbons (Fsp3) is 0.370. The zero-order chi connectivity index (χ0) is 23.8. The Bertz CT molecular complexity index is 1120. The van der Waals surface area contributed by atoms with Crippen molar-refractivity contribution >= 4 is 5.91 Å². The summed E-state index contributed by atoms with van der Waals surface area (Å²) in [5.41, 5.74) is 3.38. The number of nitrogens with one attached hydrogen (secondary N) is 1. The highest BCUT2D eigenvalue weighted by atomic mass is 16.5. The molecule has 0 spiro atoms. The van der Waals surface area contributed by atoms with E-state index in [-0.39, 0.29) is 11.5 Å². The Hall–Kier alpha value is -3.45. The van der Waals surface area contributed by atoms with Crippen LogP contribution in [0, 0.1) is 0 Å². The highest BCUT2D eigenvalue weighted by Crippen LogP contribution is 2.15. The summed E-state index contributed by atoms with van der Waals surface area (Å²) in [7, 11) is 0. The maximum Gasteiger partial charge on any atom is 0.257 e. The van der Waals surface area contributed by atoms with E-state index in [1.807, 2.05) is 30.3 Å². The van der Waals surface area contributed by atoms with Gasteiger partial charge in [-0.2, -0.15) is 0 Å². The van der Waals surface area contributed by atoms with Gasteiger partial charge in [0.25, 0.3) is 5.56 Å². The second kappa shape index (κ2) is 11.6. The minimum atomic E-state index is -0.114. The SMILES string of the molecule is CC(=O)NC1CCN(Cc2ccc(CCn3cnc(OCc4ccccc4)cc3=O)cc2)CC1. The predicted molar refractivity (Wildman–Crippen MR) is 132 cm³/mol. The molecule has 34 heavy (non-hydrogen) atoms. The first kappa shape index (κ1) is 23.7. The van der Waals surface area contributed by atoms with E-state index in [4.69, 9.17) is 4.74 Å². The summed E-state index contributed by atoms with van der Waals surface area (Å²) < 4.78 is 7.26. The van der Waals surface area contributed by atoms with Crippen molar-refractivity contribution in [2.45, 2.75) is 51.9 Å². The first-order valence-electron chi connectivity index (χ1n) is 11.9. The summed E-state index contributed by atoms with van der Waals surface area (Å²) in [5.74, 6) is 0.398. The summed E-state index contributed by atoms with van der Waals surface area (Å²) in [6.07, 6.45) is 4.31. The Morgan fingerprint density at radius 1 is 1.03 bits per heavy atom. The minimum absolute atomic E-state index is 0.0550. The molecule has 4 rings (SSSR count). The normalized spacial score (nSPS) is 14.6. The van der Waals surface area contributed by atoms with Crippen molar-refractivity contribution in [3.63, 3.8) is 0 Å². The highest BCUT2D eigenvalue weighted by molar-refractivity contribution is 5.73. The van der Waals surface area contributed by atoms with E-state index in [2.05, 4.69) is 39.5 Å². The van der Waals surface area contributed by atoms with Gasteiger partial charge < -0.3 is 10.1 Å². The van der Waals surface area contributed by atoms with Crippen LogP contribution in [0.2, 0.25) is 0 Å². The average molecular weight is 461 g/mol. The van der Waals surface area contributed by atoms with Crippen molar-refractivity contribution in [2.75, 3.05) is 13.1 Å². The lowest BCUT2D eigenvalue weighted by Gasteiger charge is -2.32. The molecule has 2 heterocycles. The van der Waals surface area contributed by atoms with Crippen molar-refractivity contribution in [1.82, 2.24) is 19.8 Å². The van der Waals surface area contributed by atoms with Crippen LogP contribution in [-0.4, -0.2) is 39.5 Å². The molecule has 2 aromatic carbocycles. The molecule has 1 aliphatic rings. The maximum atomic E-state index is 12.4. The number of hydrogen-bond acceptors (Lipinski definition) is 5. The van der Waals surface area contributed by atoms with Gasteiger partial charge in [-0.15, -0.1) is 0 Å². The van der Waals surface area contributed by atoms with Gasteiger partial charge >= 0.3 is 0 Å². The Labute approximate surface area is 200 Å². The Morgan fingerprint density at radius 3 is 2.41 bits per heavy atom. The van der Waals surface area contributed by atoms with Crippen molar-refractivity contribution < 1.29 is 9.53 Å². The Kier molecular flexibility index (Phi) is 8.09. The monoisotopic (exact) mass is 460 g/mol. The topological polar surface area (TPSA) is 76.5 Å². The molecule has 0 aliphatic carbocycles. The second-order valence-corrected chi connectivity index (χ2v) is 8.85. The van der Waals surface area contributed by atoms with Crippen LogP contribution in [0.3, 0.4) is 0 Å². The molecule has 7 heteroatoms. The largest absolute Gasteiger partial charge is 0.473 e. The van der Waals surface area contributed by atoms with E-state index < -0.39 is 0 Å². The van der Waals surface area contributed by atoms with Gasteiger partial charge in [0.2, 0.25) is 11.8 Å². The molecule has 0 saturated carbocycles. The van der Waals surface area contributed by atoms with Crippen LogP contribution in [0.1, 0.15) is 36.5 Å². The van der Waals surface area contributed by atoms with E-state index in [9.17, 15) is 9.59 Å². The lowest BCUT2D eigenvalue weighted by molar-refractivity contribution is -0.119. The molecule has 178 valence electrons. The van der Waals surface area contributed by atoms with Gasteiger partial charge in [0.1, 0.15) is 12.9 Å². The number of rotatable bonds is 9. The number of aromatic nitrogens is 2. The molecule has 0 bridgehead atoms. The van der Waals surface area contributed by atoms with Crippen molar-refractivity contribution in [2.24, 2.45) is 0 Å². The molecule has 0 unspecified atom stereocenters. The molecular formula is C27H32N4O3. The second-order valence-electron chi connectivity index (χ2n) is 8.85. The van der Waals surface area contributed by atoms with Crippen molar-refractivity contribution in [1.29, 1.82) is 0 Å². The van der Waals surface area contributed by atoms with E-state index >= 15 is 0 Å². The van der Waals surface area contributed by atoms with E-state index in [0.717, 1.165) is 44.5 Å². The highest BCUT2D eigenvalue weighted by Gasteiger charge is 2.19. The van der Waals surface area contributed by atoms with Crippen LogP contribution < -0.4 is 15.6 Å². The summed E-state index contributed by atoms with van der Waals surface area (Å²) in [5, 5.41) is 3.02. The van der Waals surface area contributed by atoms with Crippen molar-refractivity contribution in [3.8, 4) is 5.88 Å². The zero-order valence-corrected chi connectivity index (χ0v) is 19.7. The third-order valence-electron chi connectivity index (χ3n) is 6.15. The van der Waals surface area contributed by atoms with Gasteiger partial charge in [-0.3, -0.25) is 19.1 Å². The standard InChI is InChI=1S/C27H32N4O3/c1-21(32)29-25-12-14-30(15-13-25)18-23-9-7-22(8-10-23)11-16-31-20-28-26(17-27(31)33)34-19-24-5-3-2-4-6-24/h2-10,17,20,25H,11-16,18-19H2,1H3,(H,29,32). The minimum Gasteiger partial charge on any atom is -0.473 e. The fourth-order valence-electron chi connectivity index (χ4n) is 4.23. The number of aryl methyl sites for hydroxylation is 2. The van der Waals surface area contributed by atoms with Crippen LogP contribution in [-0.2, 0) is 30.9 Å². The summed E-state index contributed by atoms with van der Waals surface area (Å²) >= 11 is 0. The first-order valence-corrected chi connectivity index (χ1v) is 11.9. The van der Waals surface area contributed by atoms with Crippen LogP contribution in [0.25, 0.3) is 0 Å². The summed E-state index contributed by atoms with van der Waals surface area (Å²) in [6, 6.07) is 20.2. The number of benzene rings is 2. The molecule has 3 aromatic rings. The predicted octanol–water partition coefficient (Wildman–Crippen LogP) is 3.17. The Morgan fingerprint density at radius 2 is 1.74 bits per heavy atom. The number of hydrogen-bond donors (Lipinski definition) is 1. The number of amides is 1. The molecule has 1 aliphatic heterocycles. The summed E-state index contributed by atoms with van der Waals surface area (Å²) in [6.45, 7) is 5.44. The smallest absolute Gasteiger partial charge is 0.257 e. The number of carbonyl (C=O) groups excluding carboxylic acids is 1. The lowest BCUT2D eigenvalue weighted by atomic mass is 10.0. The molecule has 1 amide bonds. The van der Waals surface area contributed by atoms with Gasteiger partial charge in [-0.25, -0.2) is 4.98 Å². The van der Waals surface area contributed by atoms with Gasteiger partial charge in [-0.05, 0) is 36.0 Å². The number of carbonyl (C=O) groups is 1. The third kappa shape index (κ3) is 7.02. The summed E-state index contributed by atoms with van der Waals surface area (Å²) in [4.78, 5) is 30.4. The molecule has 0 radical (unpaired) electrons. The third-order valence-corrected chi connectivity index (χ3v) is 6.15. The lowest BCUT2D eigenvalue weighted by Crippen LogP contribution is -2.43. The zero-order valence-electron chi connectivity index (χ0n) is 19.7. The van der Waals surface area contributed by atoms with Gasteiger partial charge in [-0.1, -0.05) is 54.6 Å². The van der Waals surface area contributed by atoms with E-state index in [1.54, 1.807) is 17.8 Å². The van der Waals surface area contributed by atoms with Gasteiger partial charge in [0.05, 0.1) is 6.07 Å². The van der Waals surface area contributed by atoms with E-state index in [1.165, 1.54) is 17.2 Å². The van der Waals surface area contributed by atoms with Gasteiger partial charge in [0, 0.05) is 39.1 Å². The van der Waals surface area contributed by atoms with Crippen LogP contribution in [0.5, 0.6) is 5.88 Å². The van der Waals surface area contributed by atoms with Gasteiger partial charge in [0.15, 0.2) is 0 Å². The van der Waals surface area contributed by atoms with Crippen LogP contribution in [0.4, 0.5) is 0 Å². The number of ether oxygens (including phenoxy) is 1.